The third-order valence-electron chi connectivity index (χ3n) is 7.00. The van der Waals surface area contributed by atoms with E-state index in [1.54, 1.807) is 25.7 Å². The fraction of sp³-hybridized carbons (Fsp3) is 0.560. The Kier molecular flexibility index (Phi) is 7.47. The number of pyridine rings is 2. The number of nitrogens with one attached hydrogen (secondary N) is 2. The molecular formula is C25H32F3N5O5S. The van der Waals surface area contributed by atoms with E-state index in [9.17, 15) is 36.6 Å². The molecule has 14 heteroatoms. The van der Waals surface area contributed by atoms with Crippen molar-refractivity contribution in [2.24, 2.45) is 5.41 Å². The van der Waals surface area contributed by atoms with E-state index >= 15 is 0 Å². The van der Waals surface area contributed by atoms with Crippen LogP contribution in [0.3, 0.4) is 0 Å². The molecule has 1 saturated carbocycles. The molecule has 1 amide bonds. The van der Waals surface area contributed by atoms with Gasteiger partial charge in [-0.05, 0) is 76.1 Å². The van der Waals surface area contributed by atoms with Crippen molar-refractivity contribution in [2.45, 2.75) is 68.8 Å². The second-order valence-electron chi connectivity index (χ2n) is 11.2. The average Bonchev–Trinajstić information content (AvgIpc) is 3.60. The minimum Gasteiger partial charge on any atom is -0.393 e. The van der Waals surface area contributed by atoms with Crippen molar-refractivity contribution >= 4 is 27.6 Å². The Labute approximate surface area is 224 Å². The summed E-state index contributed by atoms with van der Waals surface area (Å²) in [6.07, 6.45) is -1.49. The number of hydrogen-bond acceptors (Lipinski definition) is 8. The zero-order valence-electron chi connectivity index (χ0n) is 21.8. The third-order valence-corrected chi connectivity index (χ3v) is 8.66. The number of sulfonamides is 1. The molecule has 39 heavy (non-hydrogen) atoms. The fourth-order valence-electron chi connectivity index (χ4n) is 4.56. The molecule has 2 aromatic heterocycles. The van der Waals surface area contributed by atoms with Gasteiger partial charge >= 0.3 is 6.18 Å². The summed E-state index contributed by atoms with van der Waals surface area (Å²) in [6, 6.07) is 5.98. The van der Waals surface area contributed by atoms with Crippen molar-refractivity contribution in [3.63, 3.8) is 0 Å². The molecule has 2 aliphatic rings. The lowest BCUT2D eigenvalue weighted by Gasteiger charge is -2.35. The van der Waals surface area contributed by atoms with Crippen molar-refractivity contribution in [1.29, 1.82) is 0 Å². The molecule has 2 fully saturated rings. The van der Waals surface area contributed by atoms with Gasteiger partial charge in [-0.25, -0.2) is 23.1 Å². The summed E-state index contributed by atoms with van der Waals surface area (Å²) in [5.74, 6) is -0.944. The van der Waals surface area contributed by atoms with Crippen LogP contribution >= 0.6 is 0 Å². The number of anilines is 2. The van der Waals surface area contributed by atoms with E-state index in [1.165, 1.54) is 18.2 Å². The third kappa shape index (κ3) is 6.18. The lowest BCUT2D eigenvalue weighted by Crippen LogP contribution is -2.46. The largest absolute Gasteiger partial charge is 0.425 e. The lowest BCUT2D eigenvalue weighted by atomic mass is 9.93. The van der Waals surface area contributed by atoms with Gasteiger partial charge in [0.25, 0.3) is 15.9 Å². The monoisotopic (exact) mass is 571 g/mol. The molecule has 214 valence electrons. The van der Waals surface area contributed by atoms with Crippen LogP contribution in [0.25, 0.3) is 0 Å². The minimum absolute atomic E-state index is 0.0743. The molecule has 0 unspecified atom stereocenters. The zero-order valence-corrected chi connectivity index (χ0v) is 22.7. The Morgan fingerprint density at radius 1 is 1.05 bits per heavy atom. The number of aliphatic hydroxyl groups is 2. The van der Waals surface area contributed by atoms with E-state index in [0.717, 1.165) is 37.8 Å². The van der Waals surface area contributed by atoms with E-state index in [0.29, 0.717) is 13.1 Å². The number of hydrogen-bond donors (Lipinski definition) is 4. The average molecular weight is 572 g/mol. The molecule has 0 radical (unpaired) electrons. The second-order valence-corrected chi connectivity index (χ2v) is 12.9. The minimum atomic E-state index is -5.22. The molecule has 1 aliphatic carbocycles. The van der Waals surface area contributed by atoms with E-state index in [2.05, 4.69) is 20.0 Å². The quantitative estimate of drug-likeness (QED) is 0.397. The highest BCUT2D eigenvalue weighted by molar-refractivity contribution is 7.89. The van der Waals surface area contributed by atoms with Gasteiger partial charge in [0, 0.05) is 18.6 Å². The van der Waals surface area contributed by atoms with Gasteiger partial charge in [0.2, 0.25) is 5.60 Å². The normalized spacial score (nSPS) is 19.0. The zero-order chi connectivity index (χ0) is 28.9. The molecule has 1 atom stereocenters. The van der Waals surface area contributed by atoms with E-state index < -0.39 is 45.5 Å². The number of halogens is 3. The topological polar surface area (TPSA) is 145 Å². The summed E-state index contributed by atoms with van der Waals surface area (Å²) in [5, 5.41) is 21.9. The number of alkyl halides is 3. The molecule has 1 aliphatic heterocycles. The first kappa shape index (κ1) is 29.2. The number of aliphatic hydroxyl groups excluding tert-OH is 1. The van der Waals surface area contributed by atoms with Crippen LogP contribution in [0.5, 0.6) is 0 Å². The number of carbonyl (C=O) groups excluding carboxylic acids is 1. The molecule has 10 nitrogen and oxygen atoms in total. The molecule has 4 rings (SSSR count). The molecule has 2 aromatic rings. The summed E-state index contributed by atoms with van der Waals surface area (Å²) in [7, 11) is -4.00. The molecule has 1 spiro atoms. The van der Waals surface area contributed by atoms with Crippen LogP contribution in [0.4, 0.5) is 24.8 Å². The number of amides is 1. The van der Waals surface area contributed by atoms with Gasteiger partial charge in [-0.15, -0.1) is 0 Å². The summed E-state index contributed by atoms with van der Waals surface area (Å²) >= 11 is 0. The van der Waals surface area contributed by atoms with Crippen LogP contribution in [0.1, 0.15) is 62.5 Å². The summed E-state index contributed by atoms with van der Waals surface area (Å²) in [4.78, 5) is 23.1. The number of carbonyl (C=O) groups is 1. The van der Waals surface area contributed by atoms with Gasteiger partial charge in [0.15, 0.2) is 5.03 Å². The predicted molar refractivity (Wildman–Crippen MR) is 137 cm³/mol. The molecule has 3 heterocycles. The maximum atomic E-state index is 13.7. The Hall–Kier alpha value is -2.81. The summed E-state index contributed by atoms with van der Waals surface area (Å²) in [5.41, 5.74) is -5.09. The highest BCUT2D eigenvalue weighted by atomic mass is 32.2. The van der Waals surface area contributed by atoms with E-state index in [1.807, 2.05) is 0 Å². The SMILES string of the molecule is CC(C)(C)NS(=O)(=O)c1cccc(NC(=O)c2ccc([C@](O)(CO)C(F)(F)F)nc2N2CCC3(CC2)CC3)n1. The van der Waals surface area contributed by atoms with Gasteiger partial charge in [0.05, 0.1) is 17.9 Å². The number of rotatable bonds is 7. The van der Waals surface area contributed by atoms with Crippen molar-refractivity contribution in [1.82, 2.24) is 14.7 Å². The van der Waals surface area contributed by atoms with Crippen LogP contribution in [0.2, 0.25) is 0 Å². The maximum absolute atomic E-state index is 13.7. The van der Waals surface area contributed by atoms with Crippen molar-refractivity contribution < 1.29 is 36.6 Å². The number of nitrogens with zero attached hydrogens (tertiary/aromatic N) is 3. The van der Waals surface area contributed by atoms with Gasteiger partial charge < -0.3 is 20.4 Å². The van der Waals surface area contributed by atoms with Gasteiger partial charge in [-0.2, -0.15) is 13.2 Å². The van der Waals surface area contributed by atoms with Gasteiger partial charge in [-0.3, -0.25) is 4.79 Å². The molecule has 0 aromatic carbocycles. The van der Waals surface area contributed by atoms with Crippen molar-refractivity contribution in [3.8, 4) is 0 Å². The Morgan fingerprint density at radius 3 is 2.23 bits per heavy atom. The summed E-state index contributed by atoms with van der Waals surface area (Å²) < 4.78 is 68.8. The second kappa shape index (κ2) is 9.98. The predicted octanol–water partition coefficient (Wildman–Crippen LogP) is 2.93. The number of aromatic nitrogens is 2. The summed E-state index contributed by atoms with van der Waals surface area (Å²) in [6.45, 7) is 4.24. The van der Waals surface area contributed by atoms with E-state index in [4.69, 9.17) is 0 Å². The Morgan fingerprint density at radius 2 is 1.69 bits per heavy atom. The van der Waals surface area contributed by atoms with Crippen molar-refractivity contribution in [2.75, 3.05) is 29.9 Å². The standard InChI is InChI=1S/C25H32F3N5O5S/c1-22(2,3)32-39(37,38)19-6-4-5-18(30-19)31-21(35)16-7-8-17(24(36,15-34)25(26,27)28)29-20(16)33-13-11-23(9-10-23)12-14-33/h4-8,32,34,36H,9-15H2,1-3H3,(H,30,31,35)/t24-/m1/s1. The fourth-order valence-corrected chi connectivity index (χ4v) is 5.94. The Balaban J connectivity index is 1.67. The first-order valence-electron chi connectivity index (χ1n) is 12.5. The molecule has 1 saturated heterocycles. The van der Waals surface area contributed by atoms with Crippen LogP contribution in [0, 0.1) is 5.41 Å². The van der Waals surface area contributed by atoms with E-state index in [-0.39, 0.29) is 27.6 Å². The molecule has 4 N–H and O–H groups in total. The highest BCUT2D eigenvalue weighted by Crippen LogP contribution is 2.54. The van der Waals surface area contributed by atoms with Gasteiger partial charge in [0.1, 0.15) is 11.6 Å². The van der Waals surface area contributed by atoms with Gasteiger partial charge in [-0.1, -0.05) is 6.07 Å². The Bertz CT molecular complexity index is 1350. The number of piperidine rings is 1. The van der Waals surface area contributed by atoms with Crippen LogP contribution in [0.15, 0.2) is 35.4 Å². The highest BCUT2D eigenvalue weighted by Gasteiger charge is 2.56. The van der Waals surface area contributed by atoms with Crippen LogP contribution < -0.4 is 14.9 Å². The van der Waals surface area contributed by atoms with Crippen LogP contribution in [-0.2, 0) is 15.6 Å². The molecular weight excluding hydrogens is 539 g/mol. The van der Waals surface area contributed by atoms with Crippen molar-refractivity contribution in [3.05, 3.63) is 41.6 Å². The first-order valence-corrected chi connectivity index (χ1v) is 14.0. The molecule has 0 bridgehead atoms. The smallest absolute Gasteiger partial charge is 0.393 e. The van der Waals surface area contributed by atoms with Crippen LogP contribution in [-0.4, -0.2) is 65.9 Å². The first-order chi connectivity index (χ1) is 18.0. The maximum Gasteiger partial charge on any atom is 0.425 e. The lowest BCUT2D eigenvalue weighted by molar-refractivity contribution is -0.279.